The first kappa shape index (κ1) is 25.2. The summed E-state index contributed by atoms with van der Waals surface area (Å²) in [7, 11) is -2.23. The Kier molecular flexibility index (Phi) is 7.13. The predicted octanol–water partition coefficient (Wildman–Crippen LogP) is 5.40. The third-order valence-electron chi connectivity index (χ3n) is 5.72. The molecule has 180 valence electrons. The molecule has 0 bridgehead atoms. The van der Waals surface area contributed by atoms with Crippen LogP contribution in [-0.4, -0.2) is 43.3 Å². The molecule has 0 radical (unpaired) electrons. The van der Waals surface area contributed by atoms with Gasteiger partial charge in [-0.05, 0) is 49.2 Å². The summed E-state index contributed by atoms with van der Waals surface area (Å²) in [6, 6.07) is 12.3. The lowest BCUT2D eigenvalue weighted by atomic mass is 9.92. The maximum Gasteiger partial charge on any atom is 0.260 e. The minimum atomic E-state index is -3.75. The monoisotopic (exact) mass is 585 g/mol. The van der Waals surface area contributed by atoms with Crippen LogP contribution in [-0.2, 0) is 31.3 Å². The number of hydrogen-bond acceptors (Lipinski definition) is 5. The van der Waals surface area contributed by atoms with Gasteiger partial charge in [0, 0.05) is 34.7 Å². The van der Waals surface area contributed by atoms with Crippen molar-refractivity contribution in [3.63, 3.8) is 0 Å². The van der Waals surface area contributed by atoms with E-state index in [1.807, 2.05) is 24.3 Å². The zero-order chi connectivity index (χ0) is 24.7. The molecule has 4 rings (SSSR count). The lowest BCUT2D eigenvalue weighted by Crippen LogP contribution is -2.42. The smallest absolute Gasteiger partial charge is 0.260 e. The van der Waals surface area contributed by atoms with Gasteiger partial charge in [0.25, 0.3) is 5.91 Å². The Bertz CT molecular complexity index is 1320. The Morgan fingerprint density at radius 1 is 1.12 bits per heavy atom. The summed E-state index contributed by atoms with van der Waals surface area (Å²) in [5.41, 5.74) is 0.0302. The van der Waals surface area contributed by atoms with E-state index in [9.17, 15) is 13.2 Å². The second-order valence-corrected chi connectivity index (χ2v) is 12.1. The third kappa shape index (κ3) is 4.64. The van der Waals surface area contributed by atoms with Gasteiger partial charge in [-0.2, -0.15) is 0 Å². The standard InChI is InChI=1S/C23H22BrCl2N3O4S/c1-23(13-15-4-6-16(24)7-5-15)21(30)28(19-11-17(25)10-18(26)12-19)22-27-14-20(29(22)23)34(31,32)9-3-8-33-2/h4-7,10-12,14H,3,8-9,13H2,1-2H3/t23-/m1/s1. The van der Waals surface area contributed by atoms with E-state index < -0.39 is 15.4 Å². The molecule has 2 heterocycles. The van der Waals surface area contributed by atoms with Crippen LogP contribution in [0.4, 0.5) is 11.6 Å². The largest absolute Gasteiger partial charge is 0.385 e. The Balaban J connectivity index is 1.87. The van der Waals surface area contributed by atoms with Gasteiger partial charge in [0.05, 0.1) is 17.6 Å². The molecule has 0 fully saturated rings. The Labute approximate surface area is 216 Å². The number of ether oxygens (including phenoxy) is 1. The van der Waals surface area contributed by atoms with Crippen LogP contribution in [0.1, 0.15) is 18.9 Å². The highest BCUT2D eigenvalue weighted by Gasteiger charge is 2.51. The number of aromatic nitrogens is 2. The molecule has 1 aliphatic heterocycles. The first-order valence-corrected chi connectivity index (χ1v) is 13.6. The number of nitrogens with zero attached hydrogens (tertiary/aromatic N) is 3. The molecule has 2 aromatic carbocycles. The van der Waals surface area contributed by atoms with Crippen LogP contribution in [0.5, 0.6) is 0 Å². The van der Waals surface area contributed by atoms with Gasteiger partial charge >= 0.3 is 0 Å². The number of carbonyl (C=O) groups is 1. The van der Waals surface area contributed by atoms with Crippen molar-refractivity contribution in [3.8, 4) is 0 Å². The van der Waals surface area contributed by atoms with Crippen molar-refractivity contribution in [1.29, 1.82) is 0 Å². The van der Waals surface area contributed by atoms with Gasteiger partial charge in [-0.25, -0.2) is 18.3 Å². The average molecular weight is 587 g/mol. The van der Waals surface area contributed by atoms with Crippen molar-refractivity contribution in [1.82, 2.24) is 9.55 Å². The summed E-state index contributed by atoms with van der Waals surface area (Å²) >= 11 is 15.8. The molecule has 1 atom stereocenters. The molecular weight excluding hydrogens is 565 g/mol. The van der Waals surface area contributed by atoms with E-state index >= 15 is 0 Å². The Hall–Kier alpha value is -1.91. The lowest BCUT2D eigenvalue weighted by molar-refractivity contribution is -0.124. The van der Waals surface area contributed by atoms with E-state index in [4.69, 9.17) is 27.9 Å². The number of carbonyl (C=O) groups excluding carboxylic acids is 1. The van der Waals surface area contributed by atoms with Gasteiger partial charge < -0.3 is 4.74 Å². The number of imidazole rings is 1. The topological polar surface area (TPSA) is 81.5 Å². The van der Waals surface area contributed by atoms with Crippen LogP contribution in [0.15, 0.2) is 58.2 Å². The zero-order valence-corrected chi connectivity index (χ0v) is 22.4. The van der Waals surface area contributed by atoms with Gasteiger partial charge in [-0.3, -0.25) is 9.36 Å². The number of amides is 1. The molecule has 7 nitrogen and oxygen atoms in total. The molecule has 3 aromatic rings. The fraction of sp³-hybridized carbons (Fsp3) is 0.304. The van der Waals surface area contributed by atoms with Crippen molar-refractivity contribution in [2.75, 3.05) is 24.4 Å². The zero-order valence-electron chi connectivity index (χ0n) is 18.5. The summed E-state index contributed by atoms with van der Waals surface area (Å²) in [6.07, 6.45) is 1.89. The molecule has 1 aliphatic rings. The molecule has 0 N–H and O–H groups in total. The number of halogens is 3. The molecular formula is C23H22BrCl2N3O4S. The number of sulfone groups is 1. The second kappa shape index (κ2) is 9.62. The van der Waals surface area contributed by atoms with Crippen molar-refractivity contribution in [2.45, 2.75) is 30.3 Å². The number of fused-ring (bicyclic) bond motifs is 1. The molecule has 0 saturated heterocycles. The quantitative estimate of drug-likeness (QED) is 0.330. The van der Waals surface area contributed by atoms with E-state index in [0.717, 1.165) is 10.0 Å². The Morgan fingerprint density at radius 3 is 2.38 bits per heavy atom. The molecule has 0 saturated carbocycles. The number of methoxy groups -OCH3 is 1. The van der Waals surface area contributed by atoms with Crippen LogP contribution in [0.2, 0.25) is 10.0 Å². The van der Waals surface area contributed by atoms with Crippen LogP contribution in [0, 0.1) is 0 Å². The normalized spacial score (nSPS) is 17.9. The summed E-state index contributed by atoms with van der Waals surface area (Å²) < 4.78 is 34.0. The fourth-order valence-electron chi connectivity index (χ4n) is 4.15. The number of rotatable bonds is 8. The van der Waals surface area contributed by atoms with Crippen LogP contribution < -0.4 is 4.90 Å². The van der Waals surface area contributed by atoms with E-state index in [0.29, 0.717) is 28.8 Å². The van der Waals surface area contributed by atoms with Crippen LogP contribution in [0.25, 0.3) is 0 Å². The van der Waals surface area contributed by atoms with Crippen molar-refractivity contribution in [3.05, 3.63) is 68.7 Å². The fourth-order valence-corrected chi connectivity index (χ4v) is 6.41. The Morgan fingerprint density at radius 2 is 1.76 bits per heavy atom. The van der Waals surface area contributed by atoms with E-state index in [1.165, 1.54) is 22.8 Å². The summed E-state index contributed by atoms with van der Waals surface area (Å²) in [4.78, 5) is 19.7. The number of benzene rings is 2. The van der Waals surface area contributed by atoms with E-state index in [2.05, 4.69) is 20.9 Å². The van der Waals surface area contributed by atoms with Crippen LogP contribution in [0.3, 0.4) is 0 Å². The van der Waals surface area contributed by atoms with E-state index in [1.54, 1.807) is 25.1 Å². The summed E-state index contributed by atoms with van der Waals surface area (Å²) in [5.74, 6) is -0.254. The minimum absolute atomic E-state index is 0.0119. The molecule has 1 amide bonds. The SMILES string of the molecule is COCCCS(=O)(=O)c1cnc2n1[C@](C)(Cc1ccc(Br)cc1)C(=O)N2c1cc(Cl)cc(Cl)c1. The summed E-state index contributed by atoms with van der Waals surface area (Å²) in [5, 5.41) is 0.687. The maximum atomic E-state index is 13.9. The molecule has 0 spiro atoms. The van der Waals surface area contributed by atoms with Crippen LogP contribution >= 0.6 is 39.1 Å². The maximum absolute atomic E-state index is 13.9. The highest BCUT2D eigenvalue weighted by molar-refractivity contribution is 9.10. The first-order valence-electron chi connectivity index (χ1n) is 10.4. The van der Waals surface area contributed by atoms with Gasteiger partial charge in [0.2, 0.25) is 5.95 Å². The molecule has 34 heavy (non-hydrogen) atoms. The highest BCUT2D eigenvalue weighted by atomic mass is 79.9. The van der Waals surface area contributed by atoms with Gasteiger partial charge in [0.15, 0.2) is 14.9 Å². The number of hydrogen-bond donors (Lipinski definition) is 0. The predicted molar refractivity (Wildman–Crippen MR) is 136 cm³/mol. The average Bonchev–Trinajstić information content (AvgIpc) is 3.28. The molecule has 1 aromatic heterocycles. The van der Waals surface area contributed by atoms with Crippen molar-refractivity contribution >= 4 is 66.5 Å². The highest BCUT2D eigenvalue weighted by Crippen LogP contribution is 2.44. The molecule has 11 heteroatoms. The minimum Gasteiger partial charge on any atom is -0.385 e. The number of anilines is 2. The lowest BCUT2D eigenvalue weighted by Gasteiger charge is -2.26. The van der Waals surface area contributed by atoms with E-state index in [-0.39, 0.29) is 29.1 Å². The molecule has 0 aliphatic carbocycles. The van der Waals surface area contributed by atoms with Gasteiger partial charge in [-0.1, -0.05) is 51.3 Å². The van der Waals surface area contributed by atoms with Gasteiger partial charge in [0.1, 0.15) is 5.54 Å². The van der Waals surface area contributed by atoms with Crippen molar-refractivity contribution < 1.29 is 17.9 Å². The second-order valence-electron chi connectivity index (χ2n) is 8.24. The third-order valence-corrected chi connectivity index (χ3v) is 8.43. The van der Waals surface area contributed by atoms with Crippen molar-refractivity contribution in [2.24, 2.45) is 0 Å². The van der Waals surface area contributed by atoms with Gasteiger partial charge in [-0.15, -0.1) is 0 Å². The summed E-state index contributed by atoms with van der Waals surface area (Å²) in [6.45, 7) is 2.03. The first-order chi connectivity index (χ1) is 16.1. The molecule has 0 unspecified atom stereocenters.